The van der Waals surface area contributed by atoms with Crippen molar-refractivity contribution >= 4 is 11.6 Å². The van der Waals surface area contributed by atoms with Crippen LogP contribution in [-0.2, 0) is 4.79 Å². The first kappa shape index (κ1) is 17.8. The Labute approximate surface area is 142 Å². The molecule has 1 atom stereocenters. The lowest BCUT2D eigenvalue weighted by Crippen LogP contribution is -2.27. The van der Waals surface area contributed by atoms with E-state index in [1.165, 1.54) is 4.90 Å². The SMILES string of the molecule is CC(C)c1noc([C@@H](C)Nc2ccc(OCC(=O)N(C)C)cc2)n1. The molecule has 7 heteroatoms. The van der Waals surface area contributed by atoms with Gasteiger partial charge >= 0.3 is 0 Å². The van der Waals surface area contributed by atoms with Crippen molar-refractivity contribution in [1.82, 2.24) is 15.0 Å². The number of anilines is 1. The lowest BCUT2D eigenvalue weighted by molar-refractivity contribution is -0.130. The number of carbonyl (C=O) groups excluding carboxylic acids is 1. The van der Waals surface area contributed by atoms with Gasteiger partial charge in [0.25, 0.3) is 5.91 Å². The first-order chi connectivity index (χ1) is 11.4. The third-order valence-electron chi connectivity index (χ3n) is 3.44. The second-order valence-corrected chi connectivity index (χ2v) is 6.11. The molecule has 0 saturated heterocycles. The van der Waals surface area contributed by atoms with Crippen LogP contribution in [0.4, 0.5) is 5.69 Å². The third kappa shape index (κ3) is 4.71. The van der Waals surface area contributed by atoms with Crippen molar-refractivity contribution in [3.8, 4) is 5.75 Å². The Morgan fingerprint density at radius 3 is 2.46 bits per heavy atom. The number of likely N-dealkylation sites (N-methyl/N-ethyl adjacent to an activating group) is 1. The minimum Gasteiger partial charge on any atom is -0.484 e. The smallest absolute Gasteiger partial charge is 0.259 e. The van der Waals surface area contributed by atoms with Gasteiger partial charge < -0.3 is 19.5 Å². The molecule has 1 aromatic heterocycles. The average Bonchev–Trinajstić information content (AvgIpc) is 3.04. The van der Waals surface area contributed by atoms with E-state index in [4.69, 9.17) is 9.26 Å². The maximum absolute atomic E-state index is 11.5. The van der Waals surface area contributed by atoms with Gasteiger partial charge in [-0.25, -0.2) is 0 Å². The van der Waals surface area contributed by atoms with Gasteiger partial charge in [0.2, 0.25) is 5.89 Å². The number of hydrogen-bond acceptors (Lipinski definition) is 6. The number of aromatic nitrogens is 2. The second-order valence-electron chi connectivity index (χ2n) is 6.11. The van der Waals surface area contributed by atoms with Crippen molar-refractivity contribution in [2.75, 3.05) is 26.0 Å². The lowest BCUT2D eigenvalue weighted by Gasteiger charge is -2.13. The molecule has 2 rings (SSSR count). The van der Waals surface area contributed by atoms with Crippen LogP contribution in [0.1, 0.15) is 44.4 Å². The van der Waals surface area contributed by atoms with Gasteiger partial charge in [0.1, 0.15) is 11.8 Å². The molecule has 0 unspecified atom stereocenters. The van der Waals surface area contributed by atoms with E-state index in [9.17, 15) is 4.79 Å². The first-order valence-corrected chi connectivity index (χ1v) is 7.90. The molecule has 1 heterocycles. The van der Waals surface area contributed by atoms with E-state index in [-0.39, 0.29) is 24.5 Å². The van der Waals surface area contributed by atoms with Crippen molar-refractivity contribution in [3.63, 3.8) is 0 Å². The highest BCUT2D eigenvalue weighted by Crippen LogP contribution is 2.22. The van der Waals surface area contributed by atoms with Crippen LogP contribution < -0.4 is 10.1 Å². The van der Waals surface area contributed by atoms with Crippen LogP contribution in [0.5, 0.6) is 5.75 Å². The summed E-state index contributed by atoms with van der Waals surface area (Å²) in [6.07, 6.45) is 0. The molecule has 1 aromatic carbocycles. The molecule has 0 spiro atoms. The van der Waals surface area contributed by atoms with E-state index in [0.717, 1.165) is 5.69 Å². The average molecular weight is 332 g/mol. The number of ether oxygens (including phenoxy) is 1. The quantitative estimate of drug-likeness (QED) is 0.840. The molecule has 2 aromatic rings. The summed E-state index contributed by atoms with van der Waals surface area (Å²) in [7, 11) is 3.39. The molecule has 0 aliphatic carbocycles. The summed E-state index contributed by atoms with van der Waals surface area (Å²) in [5.74, 6) is 2.05. The molecule has 7 nitrogen and oxygen atoms in total. The fourth-order valence-corrected chi connectivity index (χ4v) is 1.89. The van der Waals surface area contributed by atoms with Crippen LogP contribution >= 0.6 is 0 Å². The highest BCUT2D eigenvalue weighted by atomic mass is 16.5. The Balaban J connectivity index is 1.91. The van der Waals surface area contributed by atoms with E-state index < -0.39 is 0 Å². The molecule has 0 bridgehead atoms. The highest BCUT2D eigenvalue weighted by molar-refractivity contribution is 5.77. The van der Waals surface area contributed by atoms with Gasteiger partial charge in [-0.1, -0.05) is 19.0 Å². The van der Waals surface area contributed by atoms with Gasteiger partial charge in [-0.15, -0.1) is 0 Å². The van der Waals surface area contributed by atoms with Gasteiger partial charge in [-0.2, -0.15) is 4.98 Å². The molecule has 0 aliphatic rings. The molecule has 1 amide bonds. The van der Waals surface area contributed by atoms with Crippen molar-refractivity contribution in [1.29, 1.82) is 0 Å². The number of benzene rings is 1. The number of hydrogen-bond donors (Lipinski definition) is 1. The minimum absolute atomic E-state index is 0.0240. The summed E-state index contributed by atoms with van der Waals surface area (Å²) in [6.45, 7) is 6.02. The lowest BCUT2D eigenvalue weighted by atomic mass is 10.2. The highest BCUT2D eigenvalue weighted by Gasteiger charge is 2.15. The zero-order valence-corrected chi connectivity index (χ0v) is 14.7. The molecule has 1 N–H and O–H groups in total. The van der Waals surface area contributed by atoms with E-state index in [1.807, 2.05) is 45.0 Å². The van der Waals surface area contributed by atoms with E-state index in [1.54, 1.807) is 14.1 Å². The summed E-state index contributed by atoms with van der Waals surface area (Å²) in [5.41, 5.74) is 0.901. The van der Waals surface area contributed by atoms with Crippen molar-refractivity contribution < 1.29 is 14.1 Å². The zero-order valence-electron chi connectivity index (χ0n) is 14.7. The summed E-state index contributed by atoms with van der Waals surface area (Å²) < 4.78 is 10.7. The van der Waals surface area contributed by atoms with Gasteiger partial charge in [0.05, 0.1) is 0 Å². The standard InChI is InChI=1S/C17H24N4O3/c1-11(2)16-19-17(24-20-16)12(3)18-13-6-8-14(9-7-13)23-10-15(22)21(4)5/h6-9,11-12,18H,10H2,1-5H3/t12-/m1/s1. The van der Waals surface area contributed by atoms with Crippen LogP contribution in [0.25, 0.3) is 0 Å². The summed E-state index contributed by atoms with van der Waals surface area (Å²) in [4.78, 5) is 17.4. The minimum atomic E-state index is -0.105. The van der Waals surface area contributed by atoms with Crippen LogP contribution in [0.3, 0.4) is 0 Å². The predicted octanol–water partition coefficient (Wildman–Crippen LogP) is 2.83. The Bertz CT molecular complexity index is 665. The fourth-order valence-electron chi connectivity index (χ4n) is 1.89. The zero-order chi connectivity index (χ0) is 17.7. The summed E-state index contributed by atoms with van der Waals surface area (Å²) in [6, 6.07) is 7.28. The second kappa shape index (κ2) is 7.81. The molecule has 0 aliphatic heterocycles. The number of nitrogens with zero attached hydrogens (tertiary/aromatic N) is 3. The molecule has 0 saturated carbocycles. The third-order valence-corrected chi connectivity index (χ3v) is 3.44. The van der Waals surface area contributed by atoms with Gasteiger partial charge in [0, 0.05) is 25.7 Å². The van der Waals surface area contributed by atoms with Crippen LogP contribution in [-0.4, -0.2) is 41.6 Å². The van der Waals surface area contributed by atoms with Crippen LogP contribution in [0.2, 0.25) is 0 Å². The van der Waals surface area contributed by atoms with Crippen LogP contribution in [0, 0.1) is 0 Å². The van der Waals surface area contributed by atoms with Gasteiger partial charge in [-0.3, -0.25) is 4.79 Å². The number of amides is 1. The number of carbonyl (C=O) groups is 1. The molecular formula is C17H24N4O3. The normalized spacial score (nSPS) is 12.1. The molecule has 0 fully saturated rings. The van der Waals surface area contributed by atoms with Gasteiger partial charge in [0.15, 0.2) is 12.4 Å². The van der Waals surface area contributed by atoms with Crippen LogP contribution in [0.15, 0.2) is 28.8 Å². The fraction of sp³-hybridized carbons (Fsp3) is 0.471. The molecular weight excluding hydrogens is 308 g/mol. The Morgan fingerprint density at radius 1 is 1.25 bits per heavy atom. The topological polar surface area (TPSA) is 80.5 Å². The Kier molecular flexibility index (Phi) is 5.78. The largest absolute Gasteiger partial charge is 0.484 e. The maximum atomic E-state index is 11.5. The molecule has 24 heavy (non-hydrogen) atoms. The summed E-state index contributed by atoms with van der Waals surface area (Å²) >= 11 is 0. The Hall–Kier alpha value is -2.57. The maximum Gasteiger partial charge on any atom is 0.259 e. The van der Waals surface area contributed by atoms with Crippen molar-refractivity contribution in [2.45, 2.75) is 32.7 Å². The monoisotopic (exact) mass is 332 g/mol. The van der Waals surface area contributed by atoms with Crippen molar-refractivity contribution in [2.24, 2.45) is 0 Å². The Morgan fingerprint density at radius 2 is 1.92 bits per heavy atom. The number of nitrogens with one attached hydrogen (secondary N) is 1. The summed E-state index contributed by atoms with van der Waals surface area (Å²) in [5, 5.41) is 7.26. The van der Waals surface area contributed by atoms with Gasteiger partial charge in [-0.05, 0) is 31.2 Å². The molecule has 0 radical (unpaired) electrons. The van der Waals surface area contributed by atoms with E-state index in [2.05, 4.69) is 15.5 Å². The predicted molar refractivity (Wildman–Crippen MR) is 91.1 cm³/mol. The molecule has 130 valence electrons. The van der Waals surface area contributed by atoms with E-state index in [0.29, 0.717) is 17.5 Å². The van der Waals surface area contributed by atoms with Crippen molar-refractivity contribution in [3.05, 3.63) is 36.0 Å². The van der Waals surface area contributed by atoms with E-state index >= 15 is 0 Å². The first-order valence-electron chi connectivity index (χ1n) is 7.90. The number of rotatable bonds is 7.